The molecule has 88 valence electrons. The Labute approximate surface area is 95.0 Å². The average molecular weight is 236 g/mol. The summed E-state index contributed by atoms with van der Waals surface area (Å²) >= 11 is 0. The van der Waals surface area contributed by atoms with Gasteiger partial charge >= 0.3 is 5.88 Å². The Morgan fingerprint density at radius 2 is 2.29 bits per heavy atom. The highest BCUT2D eigenvalue weighted by Gasteiger charge is 2.21. The third-order valence-electron chi connectivity index (χ3n) is 2.51. The maximum atomic E-state index is 10.5. The minimum atomic E-state index is -0.583. The van der Waals surface area contributed by atoms with Crippen molar-refractivity contribution in [3.05, 3.63) is 28.1 Å². The van der Waals surface area contributed by atoms with Crippen molar-refractivity contribution in [1.82, 2.24) is 14.8 Å². The first-order valence-electron chi connectivity index (χ1n) is 5.00. The van der Waals surface area contributed by atoms with Crippen LogP contribution < -0.4 is 0 Å². The molecule has 0 saturated carbocycles. The number of nitro groups is 1. The van der Waals surface area contributed by atoms with Gasteiger partial charge in [-0.3, -0.25) is 10.1 Å². The van der Waals surface area contributed by atoms with Gasteiger partial charge in [0.1, 0.15) is 11.5 Å². The quantitative estimate of drug-likeness (QED) is 0.569. The van der Waals surface area contributed by atoms with E-state index in [1.165, 1.54) is 12.1 Å². The zero-order chi connectivity index (χ0) is 11.8. The van der Waals surface area contributed by atoms with E-state index in [0.717, 1.165) is 0 Å². The molecule has 0 aromatic carbocycles. The Morgan fingerprint density at radius 1 is 1.41 bits per heavy atom. The molecule has 0 bridgehead atoms. The van der Waals surface area contributed by atoms with Crippen LogP contribution in [0.15, 0.2) is 16.5 Å². The van der Waals surface area contributed by atoms with E-state index >= 15 is 0 Å². The van der Waals surface area contributed by atoms with Crippen LogP contribution in [0.2, 0.25) is 0 Å². The molecular formula is C9H8N4O4. The van der Waals surface area contributed by atoms with E-state index in [2.05, 4.69) is 10.2 Å². The fraction of sp³-hybridized carbons (Fsp3) is 0.333. The molecule has 0 radical (unpaired) electrons. The maximum absolute atomic E-state index is 10.5. The van der Waals surface area contributed by atoms with Gasteiger partial charge in [-0.2, -0.15) is 0 Å². The second-order valence-corrected chi connectivity index (χ2v) is 3.54. The Kier molecular flexibility index (Phi) is 2.15. The van der Waals surface area contributed by atoms with E-state index in [4.69, 9.17) is 9.15 Å². The lowest BCUT2D eigenvalue weighted by Gasteiger charge is -2.14. The number of aromatic nitrogens is 3. The largest absolute Gasteiger partial charge is 0.433 e. The van der Waals surface area contributed by atoms with Crippen LogP contribution in [0.3, 0.4) is 0 Å². The molecule has 2 aromatic heterocycles. The van der Waals surface area contributed by atoms with Crippen LogP contribution in [0, 0.1) is 10.1 Å². The molecule has 0 spiro atoms. The first-order chi connectivity index (χ1) is 8.25. The minimum Gasteiger partial charge on any atom is -0.397 e. The van der Waals surface area contributed by atoms with E-state index in [0.29, 0.717) is 37.2 Å². The highest BCUT2D eigenvalue weighted by Crippen LogP contribution is 2.26. The molecule has 0 unspecified atom stereocenters. The molecule has 2 aromatic rings. The Hall–Kier alpha value is -2.22. The second-order valence-electron chi connectivity index (χ2n) is 3.54. The van der Waals surface area contributed by atoms with Gasteiger partial charge in [0.25, 0.3) is 0 Å². The van der Waals surface area contributed by atoms with Gasteiger partial charge in [0, 0.05) is 6.54 Å². The summed E-state index contributed by atoms with van der Waals surface area (Å²) in [6.45, 7) is 1.59. The van der Waals surface area contributed by atoms with E-state index in [1.807, 2.05) is 4.57 Å². The van der Waals surface area contributed by atoms with Gasteiger partial charge in [0.05, 0.1) is 12.7 Å². The van der Waals surface area contributed by atoms with Crippen molar-refractivity contribution in [2.24, 2.45) is 0 Å². The SMILES string of the molecule is O=[N+]([O-])c1ccc(-c2nnc3n2CCOC3)o1. The van der Waals surface area contributed by atoms with Crippen LogP contribution >= 0.6 is 0 Å². The van der Waals surface area contributed by atoms with E-state index < -0.39 is 4.92 Å². The molecule has 17 heavy (non-hydrogen) atoms. The van der Waals surface area contributed by atoms with Crippen LogP contribution in [0.4, 0.5) is 5.88 Å². The molecule has 8 nitrogen and oxygen atoms in total. The number of hydrogen-bond acceptors (Lipinski definition) is 6. The highest BCUT2D eigenvalue weighted by molar-refractivity contribution is 5.49. The lowest BCUT2D eigenvalue weighted by molar-refractivity contribution is -0.401. The van der Waals surface area contributed by atoms with Crippen molar-refractivity contribution in [2.75, 3.05) is 6.61 Å². The van der Waals surface area contributed by atoms with Crippen LogP contribution in [-0.4, -0.2) is 26.3 Å². The topological polar surface area (TPSA) is 96.2 Å². The van der Waals surface area contributed by atoms with Crippen molar-refractivity contribution < 1.29 is 14.1 Å². The summed E-state index contributed by atoms with van der Waals surface area (Å²) in [7, 11) is 0. The molecule has 1 aliphatic rings. The van der Waals surface area contributed by atoms with Crippen LogP contribution in [0.1, 0.15) is 5.82 Å². The average Bonchev–Trinajstić information content (AvgIpc) is 2.95. The molecule has 8 heteroatoms. The zero-order valence-corrected chi connectivity index (χ0v) is 8.70. The maximum Gasteiger partial charge on any atom is 0.433 e. The van der Waals surface area contributed by atoms with Crippen molar-refractivity contribution in [1.29, 1.82) is 0 Å². The Balaban J connectivity index is 2.03. The molecule has 0 fully saturated rings. The summed E-state index contributed by atoms with van der Waals surface area (Å²) in [5.74, 6) is 1.24. The second kappa shape index (κ2) is 3.67. The van der Waals surface area contributed by atoms with E-state index in [-0.39, 0.29) is 5.88 Å². The number of nitrogens with zero attached hydrogens (tertiary/aromatic N) is 4. The molecule has 3 heterocycles. The van der Waals surface area contributed by atoms with E-state index in [9.17, 15) is 10.1 Å². The van der Waals surface area contributed by atoms with Crippen molar-refractivity contribution >= 4 is 5.88 Å². The molecule has 0 amide bonds. The summed E-state index contributed by atoms with van der Waals surface area (Å²) in [5, 5.41) is 18.4. The molecule has 1 aliphatic heterocycles. The normalized spacial score (nSPS) is 14.6. The first kappa shape index (κ1) is 9.97. The Bertz CT molecular complexity index is 573. The predicted octanol–water partition coefficient (Wildman–Crippen LogP) is 0.976. The van der Waals surface area contributed by atoms with Gasteiger partial charge in [-0.05, 0) is 6.07 Å². The summed E-state index contributed by atoms with van der Waals surface area (Å²) in [6.07, 6.45) is 0. The van der Waals surface area contributed by atoms with Crippen LogP contribution in [0.25, 0.3) is 11.6 Å². The van der Waals surface area contributed by atoms with Gasteiger partial charge in [-0.25, -0.2) is 0 Å². The number of hydrogen-bond donors (Lipinski definition) is 0. The van der Waals surface area contributed by atoms with Gasteiger partial charge in [-0.15, -0.1) is 10.2 Å². The van der Waals surface area contributed by atoms with E-state index in [1.54, 1.807) is 0 Å². The summed E-state index contributed by atoms with van der Waals surface area (Å²) < 4.78 is 12.2. The van der Waals surface area contributed by atoms with Crippen molar-refractivity contribution in [3.8, 4) is 11.6 Å². The predicted molar refractivity (Wildman–Crippen MR) is 54.0 cm³/mol. The lowest BCUT2D eigenvalue weighted by atomic mass is 10.4. The highest BCUT2D eigenvalue weighted by atomic mass is 16.6. The van der Waals surface area contributed by atoms with Gasteiger partial charge in [0.15, 0.2) is 17.4 Å². The summed E-state index contributed by atoms with van der Waals surface area (Å²) in [4.78, 5) is 9.94. The smallest absolute Gasteiger partial charge is 0.397 e. The fourth-order valence-corrected chi connectivity index (χ4v) is 1.72. The van der Waals surface area contributed by atoms with Gasteiger partial charge in [0.2, 0.25) is 0 Å². The van der Waals surface area contributed by atoms with Gasteiger partial charge in [-0.1, -0.05) is 0 Å². The van der Waals surface area contributed by atoms with Crippen molar-refractivity contribution in [3.63, 3.8) is 0 Å². The molecular weight excluding hydrogens is 228 g/mol. The Morgan fingerprint density at radius 3 is 3.06 bits per heavy atom. The lowest BCUT2D eigenvalue weighted by Crippen LogP contribution is -2.17. The number of fused-ring (bicyclic) bond motifs is 1. The molecule has 0 saturated heterocycles. The molecule has 0 atom stereocenters. The van der Waals surface area contributed by atoms with Crippen LogP contribution in [-0.2, 0) is 17.9 Å². The summed E-state index contributed by atoms with van der Waals surface area (Å²) in [5.41, 5.74) is 0. The number of furan rings is 1. The first-order valence-corrected chi connectivity index (χ1v) is 5.00. The summed E-state index contributed by atoms with van der Waals surface area (Å²) in [6, 6.07) is 2.82. The van der Waals surface area contributed by atoms with Crippen molar-refractivity contribution in [2.45, 2.75) is 13.2 Å². The third kappa shape index (κ3) is 1.58. The minimum absolute atomic E-state index is 0.301. The zero-order valence-electron chi connectivity index (χ0n) is 8.70. The number of ether oxygens (including phenoxy) is 1. The molecule has 0 N–H and O–H groups in total. The molecule has 0 aliphatic carbocycles. The van der Waals surface area contributed by atoms with Crippen LogP contribution in [0.5, 0.6) is 0 Å². The molecule has 3 rings (SSSR count). The third-order valence-corrected chi connectivity index (χ3v) is 2.51. The fourth-order valence-electron chi connectivity index (χ4n) is 1.72. The number of rotatable bonds is 2. The van der Waals surface area contributed by atoms with Gasteiger partial charge < -0.3 is 13.7 Å². The monoisotopic (exact) mass is 236 g/mol. The standard InChI is InChI=1S/C9H8N4O4/c14-13(15)8-2-1-6(17-8)9-11-10-7-5-16-4-3-12(7)9/h1-2H,3-5H2.